The standard InChI is InChI=1S/C22H17N3O2S/c1-14(26)13-28-22-12-21(23-24-22)19-9-18(10-20(11-19)25-27)17-7-6-15-4-2-3-5-16(15)8-17/h2-11H,12-13H2,1H3. The molecule has 138 valence electrons. The summed E-state index contributed by atoms with van der Waals surface area (Å²) in [6.07, 6.45) is 0.553. The molecular formula is C22H17N3O2S. The van der Waals surface area contributed by atoms with Crippen LogP contribution in [0.25, 0.3) is 21.9 Å². The number of benzene rings is 3. The highest BCUT2D eigenvalue weighted by molar-refractivity contribution is 8.14. The first-order valence-electron chi connectivity index (χ1n) is 8.86. The number of carbonyl (C=O) groups excluding carboxylic acids is 1. The zero-order valence-electron chi connectivity index (χ0n) is 15.3. The van der Waals surface area contributed by atoms with Gasteiger partial charge in [-0.15, -0.1) is 21.8 Å². The SMILES string of the molecule is CC(=O)CSC1=NN=C(c2cc(N=O)cc(-c3ccc4ccccc4c3)c2)C1. The lowest BCUT2D eigenvalue weighted by Gasteiger charge is -2.08. The maximum atomic E-state index is 11.3. The molecule has 0 spiro atoms. The van der Waals surface area contributed by atoms with Gasteiger partial charge in [0, 0.05) is 12.0 Å². The summed E-state index contributed by atoms with van der Waals surface area (Å²) < 4.78 is 0. The van der Waals surface area contributed by atoms with E-state index >= 15 is 0 Å². The van der Waals surface area contributed by atoms with Gasteiger partial charge >= 0.3 is 0 Å². The highest BCUT2D eigenvalue weighted by atomic mass is 32.2. The molecule has 0 amide bonds. The molecule has 0 N–H and O–H groups in total. The Labute approximate surface area is 166 Å². The Hall–Kier alpha value is -3.12. The van der Waals surface area contributed by atoms with Crippen molar-refractivity contribution in [2.45, 2.75) is 13.3 Å². The van der Waals surface area contributed by atoms with Gasteiger partial charge < -0.3 is 0 Å². The van der Waals surface area contributed by atoms with Crippen LogP contribution >= 0.6 is 11.8 Å². The van der Waals surface area contributed by atoms with Crippen LogP contribution in [0.15, 0.2) is 76.0 Å². The lowest BCUT2D eigenvalue weighted by Crippen LogP contribution is -2.04. The molecule has 0 saturated heterocycles. The average molecular weight is 387 g/mol. The smallest absolute Gasteiger partial charge is 0.140 e. The predicted octanol–water partition coefficient (Wildman–Crippen LogP) is 5.73. The molecule has 0 saturated carbocycles. The zero-order chi connectivity index (χ0) is 19.5. The van der Waals surface area contributed by atoms with E-state index in [1.54, 1.807) is 19.1 Å². The number of thioether (sulfide) groups is 1. The number of rotatable bonds is 5. The first-order chi connectivity index (χ1) is 13.6. The molecular weight excluding hydrogens is 370 g/mol. The highest BCUT2D eigenvalue weighted by Crippen LogP contribution is 2.30. The molecule has 0 fully saturated rings. The molecule has 1 aliphatic heterocycles. The summed E-state index contributed by atoms with van der Waals surface area (Å²) in [6.45, 7) is 1.55. The first kappa shape index (κ1) is 18.3. The molecule has 6 heteroatoms. The van der Waals surface area contributed by atoms with Gasteiger partial charge in [0.15, 0.2) is 0 Å². The van der Waals surface area contributed by atoms with Crippen molar-refractivity contribution in [3.63, 3.8) is 0 Å². The molecule has 0 radical (unpaired) electrons. The molecule has 4 rings (SSSR count). The fourth-order valence-corrected chi connectivity index (χ4v) is 3.83. The zero-order valence-corrected chi connectivity index (χ0v) is 16.1. The van der Waals surface area contributed by atoms with E-state index in [2.05, 4.69) is 39.6 Å². The van der Waals surface area contributed by atoms with Crippen molar-refractivity contribution in [2.75, 3.05) is 5.75 Å². The second-order valence-electron chi connectivity index (χ2n) is 6.63. The van der Waals surface area contributed by atoms with Gasteiger partial charge in [-0.2, -0.15) is 5.10 Å². The number of ketones is 1. The van der Waals surface area contributed by atoms with E-state index in [4.69, 9.17) is 0 Å². The fourth-order valence-electron chi connectivity index (χ4n) is 3.12. The molecule has 28 heavy (non-hydrogen) atoms. The fraction of sp³-hybridized carbons (Fsp3) is 0.136. The molecule has 0 aliphatic carbocycles. The van der Waals surface area contributed by atoms with Crippen LogP contribution in [0.3, 0.4) is 0 Å². The van der Waals surface area contributed by atoms with Crippen molar-refractivity contribution in [2.24, 2.45) is 15.4 Å². The average Bonchev–Trinajstić information content (AvgIpc) is 3.20. The Kier molecular flexibility index (Phi) is 5.12. The molecule has 1 aliphatic rings. The van der Waals surface area contributed by atoms with E-state index in [-0.39, 0.29) is 5.78 Å². The summed E-state index contributed by atoms with van der Waals surface area (Å²) in [5.74, 6) is 0.492. The number of hydrogen-bond acceptors (Lipinski definition) is 6. The summed E-state index contributed by atoms with van der Waals surface area (Å²) in [5.41, 5.74) is 3.87. The Morgan fingerprint density at radius 2 is 1.75 bits per heavy atom. The van der Waals surface area contributed by atoms with Crippen molar-refractivity contribution in [3.05, 3.63) is 71.1 Å². The van der Waals surface area contributed by atoms with E-state index in [1.807, 2.05) is 24.3 Å². The molecule has 5 nitrogen and oxygen atoms in total. The minimum absolute atomic E-state index is 0.104. The van der Waals surface area contributed by atoms with Gasteiger partial charge in [-0.3, -0.25) is 4.79 Å². The molecule has 3 aromatic carbocycles. The van der Waals surface area contributed by atoms with Crippen LogP contribution in [0.5, 0.6) is 0 Å². The summed E-state index contributed by atoms with van der Waals surface area (Å²) in [7, 11) is 0. The van der Waals surface area contributed by atoms with Crippen molar-refractivity contribution in [3.8, 4) is 11.1 Å². The summed E-state index contributed by atoms with van der Waals surface area (Å²) in [6, 6.07) is 19.9. The second kappa shape index (κ2) is 7.86. The lowest BCUT2D eigenvalue weighted by molar-refractivity contribution is -0.114. The van der Waals surface area contributed by atoms with E-state index in [0.29, 0.717) is 17.9 Å². The largest absolute Gasteiger partial charge is 0.299 e. The molecule has 0 unspecified atom stereocenters. The second-order valence-corrected chi connectivity index (χ2v) is 7.68. The number of carbonyl (C=O) groups is 1. The summed E-state index contributed by atoms with van der Waals surface area (Å²) in [5, 5.41) is 14.7. The third-order valence-electron chi connectivity index (χ3n) is 4.48. The van der Waals surface area contributed by atoms with Crippen LogP contribution in [0.1, 0.15) is 18.9 Å². The van der Waals surface area contributed by atoms with Gasteiger partial charge in [-0.05, 0) is 58.3 Å². The van der Waals surface area contributed by atoms with Crippen LogP contribution in [0.2, 0.25) is 0 Å². The van der Waals surface area contributed by atoms with Gasteiger partial charge in [0.2, 0.25) is 0 Å². The monoisotopic (exact) mass is 387 g/mol. The van der Waals surface area contributed by atoms with Gasteiger partial charge in [-0.1, -0.05) is 36.4 Å². The van der Waals surface area contributed by atoms with Gasteiger partial charge in [-0.25, -0.2) is 0 Å². The Balaban J connectivity index is 1.65. The third kappa shape index (κ3) is 3.92. The van der Waals surface area contributed by atoms with Crippen molar-refractivity contribution >= 4 is 44.8 Å². The third-order valence-corrected chi connectivity index (χ3v) is 5.59. The number of nitrogens with zero attached hydrogens (tertiary/aromatic N) is 3. The first-order valence-corrected chi connectivity index (χ1v) is 9.84. The maximum Gasteiger partial charge on any atom is 0.140 e. The van der Waals surface area contributed by atoms with Crippen LogP contribution in [0, 0.1) is 4.91 Å². The minimum atomic E-state index is 0.104. The van der Waals surface area contributed by atoms with Crippen molar-refractivity contribution in [1.29, 1.82) is 0 Å². The number of Topliss-reactive ketones (excluding diaryl/α,β-unsaturated/α-hetero) is 1. The van der Waals surface area contributed by atoms with E-state index in [1.165, 1.54) is 11.8 Å². The summed E-state index contributed by atoms with van der Waals surface area (Å²) in [4.78, 5) is 22.4. The van der Waals surface area contributed by atoms with Crippen LogP contribution in [-0.4, -0.2) is 22.3 Å². The molecule has 1 heterocycles. The Morgan fingerprint density at radius 1 is 0.964 bits per heavy atom. The van der Waals surface area contributed by atoms with Gasteiger partial charge in [0.25, 0.3) is 0 Å². The Bertz CT molecular complexity index is 1150. The number of fused-ring (bicyclic) bond motifs is 1. The Morgan fingerprint density at radius 3 is 2.54 bits per heavy atom. The maximum absolute atomic E-state index is 11.3. The quantitative estimate of drug-likeness (QED) is 0.525. The highest BCUT2D eigenvalue weighted by Gasteiger charge is 2.17. The van der Waals surface area contributed by atoms with Gasteiger partial charge in [0.05, 0.1) is 11.5 Å². The molecule has 0 aromatic heterocycles. The van der Waals surface area contributed by atoms with Crippen molar-refractivity contribution < 1.29 is 4.79 Å². The summed E-state index contributed by atoms with van der Waals surface area (Å²) >= 11 is 1.40. The molecule has 0 bridgehead atoms. The predicted molar refractivity (Wildman–Crippen MR) is 117 cm³/mol. The van der Waals surface area contributed by atoms with Crippen molar-refractivity contribution in [1.82, 2.24) is 0 Å². The normalized spacial score (nSPS) is 13.3. The lowest BCUT2D eigenvalue weighted by atomic mass is 9.97. The molecule has 0 atom stereocenters. The minimum Gasteiger partial charge on any atom is -0.299 e. The van der Waals surface area contributed by atoms with E-state index in [9.17, 15) is 9.70 Å². The topological polar surface area (TPSA) is 71.2 Å². The molecule has 3 aromatic rings. The van der Waals surface area contributed by atoms with E-state index < -0.39 is 0 Å². The number of hydrogen-bond donors (Lipinski definition) is 0. The van der Waals surface area contributed by atoms with Crippen LogP contribution in [-0.2, 0) is 4.79 Å². The van der Waals surface area contributed by atoms with Crippen LogP contribution in [0.4, 0.5) is 5.69 Å². The van der Waals surface area contributed by atoms with Gasteiger partial charge in [0.1, 0.15) is 16.5 Å². The number of nitroso groups, excluding NO2 is 1. The van der Waals surface area contributed by atoms with E-state index in [0.717, 1.165) is 38.2 Å². The van der Waals surface area contributed by atoms with Crippen LogP contribution < -0.4 is 0 Å².